The molecule has 0 bridgehead atoms. The number of carbonyl (C=O) groups is 3. The van der Waals surface area contributed by atoms with Gasteiger partial charge in [-0.25, -0.2) is 4.79 Å². The van der Waals surface area contributed by atoms with E-state index in [-0.39, 0.29) is 25.7 Å². The standard InChI is InChI=1S/C30H54N2O6S2/c1-4-5-6-7-8-9-10-11-12-13-16-19-28(20-17-14-15-18-25(33)34,29(31,26(35)36)21-23-39-2)30(32,27(37)38)22-24-40-3/h14-15,17-18H,4-13,16,19-24,31-32H2,1-3H3,(H,33,34)(H,35,36)(H,37,38)/b17-14+,18-15+. The summed E-state index contributed by atoms with van der Waals surface area (Å²) in [5, 5.41) is 29.9. The molecule has 0 aromatic rings. The smallest absolute Gasteiger partial charge is 0.328 e. The van der Waals surface area contributed by atoms with Crippen LogP contribution in [0.4, 0.5) is 0 Å². The van der Waals surface area contributed by atoms with Crippen molar-refractivity contribution in [2.45, 2.75) is 114 Å². The van der Waals surface area contributed by atoms with Gasteiger partial charge in [-0.2, -0.15) is 23.5 Å². The lowest BCUT2D eigenvalue weighted by Crippen LogP contribution is -2.75. The van der Waals surface area contributed by atoms with E-state index in [0.717, 1.165) is 31.8 Å². The van der Waals surface area contributed by atoms with Crippen molar-refractivity contribution in [3.8, 4) is 0 Å². The number of thioether (sulfide) groups is 2. The van der Waals surface area contributed by atoms with E-state index < -0.39 is 34.4 Å². The molecule has 0 aromatic heterocycles. The van der Waals surface area contributed by atoms with Crippen LogP contribution in [0.15, 0.2) is 24.3 Å². The normalized spacial score (nSPS) is 16.5. The van der Waals surface area contributed by atoms with Crippen LogP contribution in [0.3, 0.4) is 0 Å². The largest absolute Gasteiger partial charge is 0.480 e. The Morgan fingerprint density at radius 2 is 1.10 bits per heavy atom. The van der Waals surface area contributed by atoms with Gasteiger partial charge in [0.05, 0.1) is 0 Å². The number of unbranched alkanes of at least 4 members (excludes halogenated alkanes) is 10. The average molecular weight is 603 g/mol. The van der Waals surface area contributed by atoms with Gasteiger partial charge in [-0.05, 0) is 49.7 Å². The number of allylic oxidation sites excluding steroid dienone is 3. The molecule has 0 aliphatic carbocycles. The van der Waals surface area contributed by atoms with Crippen molar-refractivity contribution in [1.82, 2.24) is 0 Å². The van der Waals surface area contributed by atoms with E-state index >= 15 is 0 Å². The minimum Gasteiger partial charge on any atom is -0.480 e. The maximum atomic E-state index is 12.9. The van der Waals surface area contributed by atoms with E-state index in [4.69, 9.17) is 16.6 Å². The Hall–Kier alpha value is -1.49. The molecule has 0 aliphatic heterocycles. The molecule has 0 amide bonds. The number of rotatable bonds is 26. The topological polar surface area (TPSA) is 164 Å². The molecule has 7 N–H and O–H groups in total. The van der Waals surface area contributed by atoms with Crippen molar-refractivity contribution in [3.63, 3.8) is 0 Å². The number of aliphatic carboxylic acids is 3. The summed E-state index contributed by atoms with van der Waals surface area (Å²) in [6.45, 7) is 2.21. The Labute approximate surface area is 250 Å². The van der Waals surface area contributed by atoms with Gasteiger partial charge in [0.2, 0.25) is 0 Å². The van der Waals surface area contributed by atoms with Gasteiger partial charge >= 0.3 is 17.9 Å². The van der Waals surface area contributed by atoms with E-state index in [9.17, 15) is 24.6 Å². The maximum Gasteiger partial charge on any atom is 0.328 e. The Kier molecular flexibility index (Phi) is 20.5. The van der Waals surface area contributed by atoms with Crippen LogP contribution in [0.25, 0.3) is 0 Å². The van der Waals surface area contributed by atoms with Crippen LogP contribution in [0.2, 0.25) is 0 Å². The summed E-state index contributed by atoms with van der Waals surface area (Å²) >= 11 is 2.90. The van der Waals surface area contributed by atoms with Crippen molar-refractivity contribution in [2.75, 3.05) is 24.0 Å². The molecular weight excluding hydrogens is 548 g/mol. The van der Waals surface area contributed by atoms with E-state index in [0.29, 0.717) is 17.9 Å². The van der Waals surface area contributed by atoms with Crippen molar-refractivity contribution < 1.29 is 29.7 Å². The summed E-state index contributed by atoms with van der Waals surface area (Å²) in [6, 6.07) is 0. The molecule has 10 heteroatoms. The fourth-order valence-electron chi connectivity index (χ4n) is 5.52. The van der Waals surface area contributed by atoms with Crippen LogP contribution >= 0.6 is 23.5 Å². The third-order valence-corrected chi connectivity index (χ3v) is 9.26. The molecule has 40 heavy (non-hydrogen) atoms. The lowest BCUT2D eigenvalue weighted by molar-refractivity contribution is -0.163. The van der Waals surface area contributed by atoms with Crippen LogP contribution in [0.1, 0.15) is 103 Å². The van der Waals surface area contributed by atoms with E-state index in [1.807, 2.05) is 12.5 Å². The number of hydrogen-bond acceptors (Lipinski definition) is 7. The van der Waals surface area contributed by atoms with Crippen LogP contribution in [0, 0.1) is 5.41 Å². The molecule has 0 spiro atoms. The van der Waals surface area contributed by atoms with Crippen LogP contribution in [-0.2, 0) is 14.4 Å². The molecule has 8 nitrogen and oxygen atoms in total. The second-order valence-electron chi connectivity index (χ2n) is 10.7. The lowest BCUT2D eigenvalue weighted by Gasteiger charge is -2.54. The zero-order chi connectivity index (χ0) is 30.5. The predicted octanol–water partition coefficient (Wildman–Crippen LogP) is 6.33. The monoisotopic (exact) mass is 602 g/mol. The molecule has 0 radical (unpaired) electrons. The first-order valence-corrected chi connectivity index (χ1v) is 17.4. The third kappa shape index (κ3) is 12.2. The van der Waals surface area contributed by atoms with Crippen LogP contribution in [-0.4, -0.2) is 68.3 Å². The number of nitrogens with two attached hydrogens (primary N) is 2. The first-order chi connectivity index (χ1) is 19.0. The Morgan fingerprint density at radius 3 is 1.48 bits per heavy atom. The molecular formula is C30H54N2O6S2. The Bertz CT molecular complexity index is 775. The highest BCUT2D eigenvalue weighted by atomic mass is 32.2. The summed E-state index contributed by atoms with van der Waals surface area (Å²) in [7, 11) is 0. The average Bonchev–Trinajstić information content (AvgIpc) is 2.91. The number of carboxylic acids is 3. The van der Waals surface area contributed by atoms with Gasteiger partial charge in [-0.3, -0.25) is 9.59 Å². The predicted molar refractivity (Wildman–Crippen MR) is 169 cm³/mol. The lowest BCUT2D eigenvalue weighted by atomic mass is 9.53. The van der Waals surface area contributed by atoms with Gasteiger partial charge in [-0.15, -0.1) is 0 Å². The first-order valence-electron chi connectivity index (χ1n) is 14.6. The second kappa shape index (κ2) is 21.2. The van der Waals surface area contributed by atoms with E-state index in [1.165, 1.54) is 74.2 Å². The summed E-state index contributed by atoms with van der Waals surface area (Å²) in [5.41, 5.74) is 8.26. The van der Waals surface area contributed by atoms with Gasteiger partial charge in [0, 0.05) is 11.5 Å². The molecule has 2 atom stereocenters. The fraction of sp³-hybridized carbons (Fsp3) is 0.767. The molecule has 2 unspecified atom stereocenters. The zero-order valence-electron chi connectivity index (χ0n) is 24.9. The van der Waals surface area contributed by atoms with Gasteiger partial charge < -0.3 is 26.8 Å². The fourth-order valence-corrected chi connectivity index (χ4v) is 6.57. The van der Waals surface area contributed by atoms with E-state index in [1.54, 1.807) is 6.08 Å². The van der Waals surface area contributed by atoms with Gasteiger partial charge in [-0.1, -0.05) is 95.8 Å². The minimum absolute atomic E-state index is 0.00306. The molecule has 232 valence electrons. The Balaban J connectivity index is 6.13. The van der Waals surface area contributed by atoms with Crippen molar-refractivity contribution in [1.29, 1.82) is 0 Å². The van der Waals surface area contributed by atoms with Crippen molar-refractivity contribution in [2.24, 2.45) is 16.9 Å². The molecule has 0 fully saturated rings. The SMILES string of the molecule is CCCCCCCCCCCCCC(C/C=C/C=C/C(=O)O)(C(N)(CCSC)C(=O)O)C(N)(CCSC)C(=O)O. The quantitative estimate of drug-likeness (QED) is 0.0429. The zero-order valence-corrected chi connectivity index (χ0v) is 26.5. The molecule has 0 aromatic carbocycles. The highest BCUT2D eigenvalue weighted by Gasteiger charge is 2.65. The summed E-state index contributed by atoms with van der Waals surface area (Å²) in [6.07, 6.45) is 21.7. The Morgan fingerprint density at radius 1 is 0.675 bits per heavy atom. The second-order valence-corrected chi connectivity index (χ2v) is 12.7. The van der Waals surface area contributed by atoms with Crippen LogP contribution < -0.4 is 11.5 Å². The van der Waals surface area contributed by atoms with Gasteiger partial charge in [0.1, 0.15) is 11.1 Å². The van der Waals surface area contributed by atoms with Gasteiger partial charge in [0.25, 0.3) is 0 Å². The minimum atomic E-state index is -1.90. The summed E-state index contributed by atoms with van der Waals surface area (Å²) in [4.78, 5) is 36.7. The highest BCUT2D eigenvalue weighted by molar-refractivity contribution is 7.98. The summed E-state index contributed by atoms with van der Waals surface area (Å²) < 4.78 is 0. The molecule has 0 saturated heterocycles. The summed E-state index contributed by atoms with van der Waals surface area (Å²) in [5.74, 6) is -2.78. The van der Waals surface area contributed by atoms with Crippen molar-refractivity contribution >= 4 is 41.4 Å². The molecule has 0 aliphatic rings. The van der Waals surface area contributed by atoms with E-state index in [2.05, 4.69) is 6.92 Å². The van der Waals surface area contributed by atoms with Crippen molar-refractivity contribution in [3.05, 3.63) is 24.3 Å². The van der Waals surface area contributed by atoms with Crippen LogP contribution in [0.5, 0.6) is 0 Å². The first kappa shape index (κ1) is 38.5. The number of carboxylic acid groups (broad SMARTS) is 3. The molecule has 0 rings (SSSR count). The third-order valence-electron chi connectivity index (χ3n) is 8.03. The number of hydrogen-bond donors (Lipinski definition) is 5. The molecule has 0 heterocycles. The van der Waals surface area contributed by atoms with Gasteiger partial charge in [0.15, 0.2) is 0 Å². The highest BCUT2D eigenvalue weighted by Crippen LogP contribution is 2.51. The molecule has 0 saturated carbocycles. The maximum absolute atomic E-state index is 12.9.